The summed E-state index contributed by atoms with van der Waals surface area (Å²) in [6.45, 7) is 0. The number of carbonyl (C=O) groups is 1. The number of carbonyl (C=O) groups excluding carboxylic acids is 1. The lowest BCUT2D eigenvalue weighted by molar-refractivity contribution is -0.116. The number of methoxy groups -OCH3 is 2. The van der Waals surface area contributed by atoms with Gasteiger partial charge in [0.2, 0.25) is 0 Å². The van der Waals surface area contributed by atoms with E-state index in [0.29, 0.717) is 11.1 Å². The van der Waals surface area contributed by atoms with Crippen LogP contribution in [0, 0.1) is 0 Å². The molecule has 2 rings (SSSR count). The Morgan fingerprint density at radius 3 is 2.29 bits per heavy atom. The van der Waals surface area contributed by atoms with Gasteiger partial charge < -0.3 is 29.9 Å². The van der Waals surface area contributed by atoms with Crippen molar-refractivity contribution in [3.05, 3.63) is 65.4 Å². The van der Waals surface area contributed by atoms with Crippen LogP contribution < -0.4 is 9.47 Å². The van der Waals surface area contributed by atoms with Crippen molar-refractivity contribution in [3.8, 4) is 23.0 Å². The quantitative estimate of drug-likeness (QED) is 0.313. The molecule has 28 heavy (non-hydrogen) atoms. The molecule has 0 radical (unpaired) electrons. The van der Waals surface area contributed by atoms with E-state index in [-0.39, 0.29) is 35.2 Å². The molecule has 7 nitrogen and oxygen atoms in total. The number of hydrogen-bond acceptors (Lipinski definition) is 7. The van der Waals surface area contributed by atoms with Crippen LogP contribution in [0.15, 0.2) is 54.3 Å². The van der Waals surface area contributed by atoms with Crippen LogP contribution >= 0.6 is 0 Å². The molecular formula is C21H22O7. The number of benzene rings is 2. The fourth-order valence-corrected chi connectivity index (χ4v) is 2.46. The Hall–Kier alpha value is -3.45. The van der Waals surface area contributed by atoms with Crippen molar-refractivity contribution < 1.29 is 34.7 Å². The fourth-order valence-electron chi connectivity index (χ4n) is 2.46. The van der Waals surface area contributed by atoms with Crippen molar-refractivity contribution in [2.75, 3.05) is 14.2 Å². The molecule has 2 aromatic rings. The highest BCUT2D eigenvalue weighted by atomic mass is 16.5. The molecule has 0 saturated carbocycles. The van der Waals surface area contributed by atoms with Gasteiger partial charge in [0.1, 0.15) is 5.76 Å². The first kappa shape index (κ1) is 20.9. The maximum atomic E-state index is 12.1. The zero-order valence-electron chi connectivity index (χ0n) is 15.5. The van der Waals surface area contributed by atoms with Gasteiger partial charge in [-0.1, -0.05) is 18.2 Å². The summed E-state index contributed by atoms with van der Waals surface area (Å²) in [5, 5.41) is 39.2. The molecular weight excluding hydrogens is 364 g/mol. The van der Waals surface area contributed by atoms with Gasteiger partial charge in [0.15, 0.2) is 28.8 Å². The van der Waals surface area contributed by atoms with E-state index in [0.717, 1.165) is 6.08 Å². The van der Waals surface area contributed by atoms with E-state index in [1.165, 1.54) is 44.6 Å². The molecule has 0 spiro atoms. The van der Waals surface area contributed by atoms with Crippen LogP contribution in [0.1, 0.15) is 23.7 Å². The second-order valence-corrected chi connectivity index (χ2v) is 5.95. The number of aliphatic hydroxyl groups is 2. The third-order valence-corrected chi connectivity index (χ3v) is 3.94. The summed E-state index contributed by atoms with van der Waals surface area (Å²) in [6, 6.07) is 8.93. The van der Waals surface area contributed by atoms with E-state index >= 15 is 0 Å². The lowest BCUT2D eigenvalue weighted by Crippen LogP contribution is -2.05. The Bertz CT molecular complexity index is 900. The topological polar surface area (TPSA) is 116 Å². The van der Waals surface area contributed by atoms with Crippen LogP contribution in [0.5, 0.6) is 23.0 Å². The van der Waals surface area contributed by atoms with Gasteiger partial charge in [-0.2, -0.15) is 0 Å². The molecule has 7 heteroatoms. The van der Waals surface area contributed by atoms with E-state index in [1.807, 2.05) is 0 Å². The van der Waals surface area contributed by atoms with E-state index in [9.17, 15) is 25.2 Å². The molecule has 1 atom stereocenters. The molecule has 0 aliphatic rings. The summed E-state index contributed by atoms with van der Waals surface area (Å²) >= 11 is 0. The number of aliphatic hydroxyl groups excluding tert-OH is 2. The van der Waals surface area contributed by atoms with E-state index in [4.69, 9.17) is 9.47 Å². The maximum absolute atomic E-state index is 12.1. The highest BCUT2D eigenvalue weighted by Crippen LogP contribution is 2.30. The Balaban J connectivity index is 2.03. The van der Waals surface area contributed by atoms with Crippen molar-refractivity contribution in [2.24, 2.45) is 0 Å². The first-order chi connectivity index (χ1) is 13.3. The molecule has 0 aliphatic heterocycles. The molecule has 0 bridgehead atoms. The van der Waals surface area contributed by atoms with Crippen molar-refractivity contribution in [3.63, 3.8) is 0 Å². The van der Waals surface area contributed by atoms with E-state index in [1.54, 1.807) is 18.2 Å². The van der Waals surface area contributed by atoms with Gasteiger partial charge in [-0.3, -0.25) is 4.79 Å². The number of ether oxygens (including phenoxy) is 2. The first-order valence-electron chi connectivity index (χ1n) is 8.37. The number of aromatic hydroxyl groups is 2. The summed E-state index contributed by atoms with van der Waals surface area (Å²) in [7, 11) is 2.81. The van der Waals surface area contributed by atoms with Crippen molar-refractivity contribution >= 4 is 11.9 Å². The fraction of sp³-hybridized carbons (Fsp3) is 0.190. The highest BCUT2D eigenvalue weighted by Gasteiger charge is 2.14. The molecule has 0 saturated heterocycles. The van der Waals surface area contributed by atoms with Gasteiger partial charge in [-0.05, 0) is 41.5 Å². The number of phenolic OH excluding ortho intramolecular Hbond substituents is 2. The molecule has 0 aliphatic carbocycles. The smallest absolute Gasteiger partial charge is 0.162 e. The minimum atomic E-state index is -1.11. The Morgan fingerprint density at radius 2 is 1.64 bits per heavy atom. The van der Waals surface area contributed by atoms with Gasteiger partial charge in [0.05, 0.1) is 20.3 Å². The Kier molecular flexibility index (Phi) is 7.06. The predicted octanol–water partition coefficient (Wildman–Crippen LogP) is 3.26. The zero-order chi connectivity index (χ0) is 20.7. The van der Waals surface area contributed by atoms with Crippen LogP contribution in [0.25, 0.3) is 6.08 Å². The average molecular weight is 386 g/mol. The van der Waals surface area contributed by atoms with Crippen LogP contribution in [-0.2, 0) is 4.79 Å². The van der Waals surface area contributed by atoms with Gasteiger partial charge in [-0.15, -0.1) is 0 Å². The van der Waals surface area contributed by atoms with Crippen molar-refractivity contribution in [2.45, 2.75) is 12.5 Å². The lowest BCUT2D eigenvalue weighted by Gasteiger charge is -2.11. The molecule has 2 aromatic carbocycles. The number of hydrogen-bond donors (Lipinski definition) is 4. The predicted molar refractivity (Wildman–Crippen MR) is 104 cm³/mol. The van der Waals surface area contributed by atoms with Crippen molar-refractivity contribution in [1.29, 1.82) is 0 Å². The molecule has 0 heterocycles. The van der Waals surface area contributed by atoms with Gasteiger partial charge in [-0.25, -0.2) is 0 Å². The zero-order valence-corrected chi connectivity index (χ0v) is 15.5. The standard InChI is InChI=1S/C21H22O7/c1-27-20-9-13(4-7-17(20)24)3-6-15(22)11-16(23)12-19(26)14-5-8-18(25)21(10-14)28-2/h3-11,19,22,24-26H,12H2,1-2H3/t19-/m0/s1. The molecule has 0 amide bonds. The number of allylic oxidation sites excluding steroid dienone is 2. The summed E-state index contributed by atoms with van der Waals surface area (Å²) in [6.07, 6.45) is 2.51. The molecule has 4 N–H and O–H groups in total. The highest BCUT2D eigenvalue weighted by molar-refractivity contribution is 5.91. The largest absolute Gasteiger partial charge is 0.508 e. The molecule has 0 fully saturated rings. The Labute approximate surface area is 162 Å². The molecule has 148 valence electrons. The van der Waals surface area contributed by atoms with E-state index in [2.05, 4.69) is 0 Å². The summed E-state index contributed by atoms with van der Waals surface area (Å²) in [5.74, 6) is -0.367. The van der Waals surface area contributed by atoms with Crippen molar-refractivity contribution in [1.82, 2.24) is 0 Å². The number of rotatable bonds is 8. The second-order valence-electron chi connectivity index (χ2n) is 5.95. The number of ketones is 1. The Morgan fingerprint density at radius 1 is 1.04 bits per heavy atom. The molecule has 0 aromatic heterocycles. The minimum absolute atomic E-state index is 0.00515. The third kappa shape index (κ3) is 5.52. The monoisotopic (exact) mass is 386 g/mol. The maximum Gasteiger partial charge on any atom is 0.162 e. The van der Waals surface area contributed by atoms with Crippen LogP contribution in [0.2, 0.25) is 0 Å². The average Bonchev–Trinajstić information content (AvgIpc) is 2.67. The van der Waals surface area contributed by atoms with Crippen LogP contribution in [0.3, 0.4) is 0 Å². The number of phenols is 2. The molecule has 0 unspecified atom stereocenters. The summed E-state index contributed by atoms with van der Waals surface area (Å²) < 4.78 is 9.97. The van der Waals surface area contributed by atoms with E-state index < -0.39 is 11.9 Å². The summed E-state index contributed by atoms with van der Waals surface area (Å²) in [5.41, 5.74) is 1.06. The normalized spacial score (nSPS) is 12.8. The minimum Gasteiger partial charge on any atom is -0.508 e. The van der Waals surface area contributed by atoms with Crippen LogP contribution in [0.4, 0.5) is 0 Å². The van der Waals surface area contributed by atoms with Crippen LogP contribution in [-0.4, -0.2) is 40.4 Å². The first-order valence-corrected chi connectivity index (χ1v) is 8.37. The summed E-state index contributed by atoms with van der Waals surface area (Å²) in [4.78, 5) is 12.1. The van der Waals surface area contributed by atoms with Gasteiger partial charge >= 0.3 is 0 Å². The second kappa shape index (κ2) is 9.48. The SMILES string of the molecule is COc1cc(C=CC(O)=CC(=O)C[C@H](O)c2ccc(O)c(OC)c2)ccc1O. The van der Waals surface area contributed by atoms with Gasteiger partial charge in [0, 0.05) is 12.5 Å². The van der Waals surface area contributed by atoms with Gasteiger partial charge in [0.25, 0.3) is 0 Å². The lowest BCUT2D eigenvalue weighted by atomic mass is 10.0. The third-order valence-electron chi connectivity index (χ3n) is 3.94.